The molecule has 1 fully saturated rings. The molecular weight excluding hydrogens is 323 g/mol. The van der Waals surface area contributed by atoms with Gasteiger partial charge >= 0.3 is 0 Å². The first kappa shape index (κ1) is 17.1. The third-order valence-corrected chi connectivity index (χ3v) is 4.48. The fourth-order valence-corrected chi connectivity index (χ4v) is 3.31. The van der Waals surface area contributed by atoms with E-state index in [1.807, 2.05) is 13.0 Å². The molecule has 1 aromatic carbocycles. The number of carbonyl (C=O) groups excluding carboxylic acids is 2. The van der Waals surface area contributed by atoms with Gasteiger partial charge in [0.15, 0.2) is 0 Å². The van der Waals surface area contributed by atoms with E-state index in [9.17, 15) is 9.59 Å². The van der Waals surface area contributed by atoms with Crippen LogP contribution in [0.3, 0.4) is 0 Å². The lowest BCUT2D eigenvalue weighted by molar-refractivity contribution is -0.137. The van der Waals surface area contributed by atoms with E-state index < -0.39 is 0 Å². The second-order valence-corrected chi connectivity index (χ2v) is 6.56. The number of carbonyl (C=O) groups is 2. The van der Waals surface area contributed by atoms with Crippen molar-refractivity contribution in [3.63, 3.8) is 0 Å². The number of amides is 2. The first-order valence-corrected chi connectivity index (χ1v) is 8.15. The predicted octanol–water partition coefficient (Wildman–Crippen LogP) is 3.05. The molecule has 2 rings (SSSR count). The largest absolute Gasteiger partial charge is 0.352 e. The quantitative estimate of drug-likeness (QED) is 0.914. The van der Waals surface area contributed by atoms with E-state index in [1.165, 1.54) is 6.92 Å². The van der Waals surface area contributed by atoms with Crippen LogP contribution in [0.5, 0.6) is 0 Å². The van der Waals surface area contributed by atoms with E-state index >= 15 is 0 Å². The van der Waals surface area contributed by atoms with Gasteiger partial charge in [-0.2, -0.15) is 0 Å². The Labute approximate surface area is 140 Å². The monoisotopic (exact) mass is 342 g/mol. The zero-order valence-corrected chi connectivity index (χ0v) is 14.2. The molecule has 1 heterocycles. The number of benzene rings is 1. The zero-order chi connectivity index (χ0) is 16.3. The Morgan fingerprint density at radius 1 is 1.41 bits per heavy atom. The molecule has 1 N–H and O–H groups in total. The molecular formula is C16H20Cl2N2O2. The zero-order valence-electron chi connectivity index (χ0n) is 12.7. The summed E-state index contributed by atoms with van der Waals surface area (Å²) >= 11 is 12.0. The summed E-state index contributed by atoms with van der Waals surface area (Å²) < 4.78 is 0. The van der Waals surface area contributed by atoms with Crippen LogP contribution < -0.4 is 5.32 Å². The molecule has 0 bridgehead atoms. The van der Waals surface area contributed by atoms with Gasteiger partial charge in [0.25, 0.3) is 0 Å². The van der Waals surface area contributed by atoms with Crippen LogP contribution in [0.15, 0.2) is 18.2 Å². The van der Waals surface area contributed by atoms with Gasteiger partial charge in [-0.15, -0.1) is 0 Å². The Balaban J connectivity index is 1.95. The van der Waals surface area contributed by atoms with Crippen molar-refractivity contribution in [2.75, 3.05) is 6.54 Å². The average molecular weight is 343 g/mol. The van der Waals surface area contributed by atoms with Gasteiger partial charge in [0.2, 0.25) is 11.8 Å². The maximum absolute atomic E-state index is 12.3. The SMILES string of the molecule is CC(=O)N1CCCC1C(=O)NC(C)Cc1ccc(Cl)cc1Cl. The Morgan fingerprint density at radius 3 is 2.77 bits per heavy atom. The van der Waals surface area contributed by atoms with Crippen molar-refractivity contribution in [1.29, 1.82) is 0 Å². The smallest absolute Gasteiger partial charge is 0.243 e. The average Bonchev–Trinajstić information content (AvgIpc) is 2.91. The fraction of sp³-hybridized carbons (Fsp3) is 0.500. The van der Waals surface area contributed by atoms with Crippen molar-refractivity contribution in [3.8, 4) is 0 Å². The molecule has 1 aromatic rings. The van der Waals surface area contributed by atoms with E-state index in [0.717, 1.165) is 18.4 Å². The highest BCUT2D eigenvalue weighted by atomic mass is 35.5. The molecule has 2 unspecified atom stereocenters. The summed E-state index contributed by atoms with van der Waals surface area (Å²) in [6.07, 6.45) is 2.21. The summed E-state index contributed by atoms with van der Waals surface area (Å²) in [5, 5.41) is 4.16. The Bertz CT molecular complexity index is 577. The molecule has 2 atom stereocenters. The van der Waals surface area contributed by atoms with Gasteiger partial charge in [0.05, 0.1) is 0 Å². The predicted molar refractivity (Wildman–Crippen MR) is 88.2 cm³/mol. The maximum Gasteiger partial charge on any atom is 0.243 e. The van der Waals surface area contributed by atoms with Crippen LogP contribution in [-0.4, -0.2) is 35.3 Å². The minimum atomic E-state index is -0.347. The standard InChI is InChI=1S/C16H20Cl2N2O2/c1-10(8-12-5-6-13(17)9-14(12)18)19-16(22)15-4-3-7-20(15)11(2)21/h5-6,9-10,15H,3-4,7-8H2,1-2H3,(H,19,22). The Kier molecular flexibility index (Phi) is 5.70. The number of hydrogen-bond acceptors (Lipinski definition) is 2. The molecule has 4 nitrogen and oxygen atoms in total. The molecule has 2 amide bonds. The summed E-state index contributed by atoms with van der Waals surface area (Å²) in [6.45, 7) is 4.09. The highest BCUT2D eigenvalue weighted by Gasteiger charge is 2.32. The fourth-order valence-electron chi connectivity index (χ4n) is 2.82. The van der Waals surface area contributed by atoms with Crippen LogP contribution in [0.25, 0.3) is 0 Å². The highest BCUT2D eigenvalue weighted by molar-refractivity contribution is 6.35. The van der Waals surface area contributed by atoms with Crippen LogP contribution in [0.1, 0.15) is 32.3 Å². The maximum atomic E-state index is 12.3. The number of hydrogen-bond donors (Lipinski definition) is 1. The first-order valence-electron chi connectivity index (χ1n) is 7.40. The molecule has 0 aromatic heterocycles. The van der Waals surface area contributed by atoms with Crippen LogP contribution in [0.4, 0.5) is 0 Å². The molecule has 120 valence electrons. The van der Waals surface area contributed by atoms with Gasteiger partial charge in [0.1, 0.15) is 6.04 Å². The molecule has 6 heteroatoms. The van der Waals surface area contributed by atoms with Gasteiger partial charge < -0.3 is 10.2 Å². The van der Waals surface area contributed by atoms with Crippen LogP contribution in [0, 0.1) is 0 Å². The third-order valence-electron chi connectivity index (χ3n) is 3.89. The summed E-state index contributed by atoms with van der Waals surface area (Å²) in [7, 11) is 0. The minimum Gasteiger partial charge on any atom is -0.352 e. The second-order valence-electron chi connectivity index (χ2n) is 5.72. The van der Waals surface area contributed by atoms with Crippen LogP contribution in [-0.2, 0) is 16.0 Å². The molecule has 0 spiro atoms. The molecule has 1 aliphatic heterocycles. The summed E-state index contributed by atoms with van der Waals surface area (Å²) in [6, 6.07) is 4.93. The van der Waals surface area contributed by atoms with Gasteiger partial charge in [0, 0.05) is 29.6 Å². The second kappa shape index (κ2) is 7.34. The summed E-state index contributed by atoms with van der Waals surface area (Å²) in [5.41, 5.74) is 0.939. The van der Waals surface area contributed by atoms with Crippen molar-refractivity contribution in [2.24, 2.45) is 0 Å². The number of likely N-dealkylation sites (tertiary alicyclic amines) is 1. The topological polar surface area (TPSA) is 49.4 Å². The number of nitrogens with one attached hydrogen (secondary N) is 1. The lowest BCUT2D eigenvalue weighted by Gasteiger charge is -2.24. The van der Waals surface area contributed by atoms with Crippen molar-refractivity contribution in [1.82, 2.24) is 10.2 Å². The number of nitrogens with zero attached hydrogens (tertiary/aromatic N) is 1. The lowest BCUT2D eigenvalue weighted by Crippen LogP contribution is -2.48. The molecule has 1 aliphatic rings. The van der Waals surface area contributed by atoms with Crippen molar-refractivity contribution >= 4 is 35.0 Å². The summed E-state index contributed by atoms with van der Waals surface area (Å²) in [4.78, 5) is 25.5. The van der Waals surface area contributed by atoms with Gasteiger partial charge in [-0.25, -0.2) is 0 Å². The van der Waals surface area contributed by atoms with Crippen LogP contribution >= 0.6 is 23.2 Å². The Morgan fingerprint density at radius 2 is 2.14 bits per heavy atom. The normalized spacial score (nSPS) is 19.1. The molecule has 1 saturated heterocycles. The third kappa shape index (κ3) is 4.14. The molecule has 0 saturated carbocycles. The van der Waals surface area contributed by atoms with E-state index in [1.54, 1.807) is 17.0 Å². The number of rotatable bonds is 4. The minimum absolute atomic E-state index is 0.0500. The van der Waals surface area contributed by atoms with E-state index in [4.69, 9.17) is 23.2 Å². The van der Waals surface area contributed by atoms with E-state index in [2.05, 4.69) is 5.32 Å². The van der Waals surface area contributed by atoms with Gasteiger partial charge in [-0.3, -0.25) is 9.59 Å². The van der Waals surface area contributed by atoms with Crippen molar-refractivity contribution in [3.05, 3.63) is 33.8 Å². The van der Waals surface area contributed by atoms with E-state index in [-0.39, 0.29) is 23.9 Å². The first-order chi connectivity index (χ1) is 10.4. The van der Waals surface area contributed by atoms with Gasteiger partial charge in [-0.1, -0.05) is 29.3 Å². The van der Waals surface area contributed by atoms with Crippen molar-refractivity contribution < 1.29 is 9.59 Å². The molecule has 22 heavy (non-hydrogen) atoms. The molecule has 0 aliphatic carbocycles. The Hall–Kier alpha value is -1.26. The molecule has 0 radical (unpaired) electrons. The summed E-state index contributed by atoms with van der Waals surface area (Å²) in [5.74, 6) is -0.142. The van der Waals surface area contributed by atoms with E-state index in [0.29, 0.717) is 23.0 Å². The highest BCUT2D eigenvalue weighted by Crippen LogP contribution is 2.22. The number of halogens is 2. The van der Waals surface area contributed by atoms with Crippen LogP contribution in [0.2, 0.25) is 10.0 Å². The lowest BCUT2D eigenvalue weighted by atomic mass is 10.1. The van der Waals surface area contributed by atoms with Crippen molar-refractivity contribution in [2.45, 2.75) is 45.2 Å². The van der Waals surface area contributed by atoms with Gasteiger partial charge in [-0.05, 0) is 43.9 Å².